The second-order valence-electron chi connectivity index (χ2n) is 7.12. The lowest BCUT2D eigenvalue weighted by Gasteiger charge is -2.17. The monoisotopic (exact) mass is 394 g/mol. The third-order valence-corrected chi connectivity index (χ3v) is 5.76. The largest absolute Gasteiger partial charge is 0.465 e. The number of benzene rings is 1. The Labute approximate surface area is 159 Å². The fourth-order valence-corrected chi connectivity index (χ4v) is 4.64. The van der Waals surface area contributed by atoms with E-state index >= 15 is 0 Å². The number of imidazole rings is 1. The molecule has 2 aromatic rings. The van der Waals surface area contributed by atoms with Crippen molar-refractivity contribution in [3.05, 3.63) is 23.8 Å². The number of hydrogen-bond donors (Lipinski definition) is 1. The summed E-state index contributed by atoms with van der Waals surface area (Å²) in [5, 5.41) is 0. The van der Waals surface area contributed by atoms with Gasteiger partial charge in [-0.15, -0.1) is 0 Å². The lowest BCUT2D eigenvalue weighted by Crippen LogP contribution is -2.40. The summed E-state index contributed by atoms with van der Waals surface area (Å²) in [6, 6.07) is 5.16. The van der Waals surface area contributed by atoms with Crippen LogP contribution in [0.2, 0.25) is 0 Å². The van der Waals surface area contributed by atoms with Gasteiger partial charge in [0.25, 0.3) is 0 Å². The Morgan fingerprint density at radius 1 is 1.37 bits per heavy atom. The number of carbonyl (C=O) groups is 1. The fraction of sp³-hybridized carbons (Fsp3) is 0.556. The molecule has 1 aromatic carbocycles. The Balaban J connectivity index is 1.92. The molecular weight excluding hydrogens is 368 g/mol. The predicted molar refractivity (Wildman–Crippen MR) is 104 cm³/mol. The molecule has 0 saturated carbocycles. The molecule has 27 heavy (non-hydrogen) atoms. The molecule has 2 atom stereocenters. The summed E-state index contributed by atoms with van der Waals surface area (Å²) in [5.41, 5.74) is 2.07. The van der Waals surface area contributed by atoms with Crippen molar-refractivity contribution < 1.29 is 17.9 Å². The highest BCUT2D eigenvalue weighted by Gasteiger charge is 2.35. The summed E-state index contributed by atoms with van der Waals surface area (Å²) in [7, 11) is 0.00335. The molecule has 9 heteroatoms. The maximum atomic E-state index is 11.8. The Hall–Kier alpha value is -2.13. The van der Waals surface area contributed by atoms with Crippen LogP contribution in [0.3, 0.4) is 0 Å². The van der Waals surface area contributed by atoms with Crippen molar-refractivity contribution in [1.29, 1.82) is 0 Å². The Morgan fingerprint density at radius 3 is 2.74 bits per heavy atom. The number of nitrogens with one attached hydrogen (secondary N) is 1. The van der Waals surface area contributed by atoms with E-state index < -0.39 is 16.0 Å². The number of anilines is 1. The van der Waals surface area contributed by atoms with Gasteiger partial charge in [0.2, 0.25) is 16.0 Å². The first-order valence-corrected chi connectivity index (χ1v) is 10.9. The summed E-state index contributed by atoms with van der Waals surface area (Å²) in [4.78, 5) is 18.6. The Morgan fingerprint density at radius 2 is 2.11 bits per heavy atom. The van der Waals surface area contributed by atoms with Crippen LogP contribution >= 0.6 is 0 Å². The molecule has 1 saturated heterocycles. The molecule has 148 valence electrons. The molecule has 3 rings (SSSR count). The average molecular weight is 394 g/mol. The molecule has 2 heterocycles. The highest BCUT2D eigenvalue weighted by molar-refractivity contribution is 7.88. The van der Waals surface area contributed by atoms with E-state index in [1.165, 1.54) is 13.4 Å². The molecule has 0 aliphatic carbocycles. The molecule has 1 aliphatic rings. The first-order valence-electron chi connectivity index (χ1n) is 9.00. The molecule has 2 unspecified atom stereocenters. The lowest BCUT2D eigenvalue weighted by atomic mass is 9.99. The topological polar surface area (TPSA) is 93.5 Å². The third kappa shape index (κ3) is 4.08. The van der Waals surface area contributed by atoms with Crippen molar-refractivity contribution in [3.63, 3.8) is 0 Å². The number of nitrogens with zero attached hydrogens (tertiary/aromatic N) is 3. The Kier molecular flexibility index (Phi) is 5.43. The minimum atomic E-state index is -3.27. The number of aryl methyl sites for hydroxylation is 1. The lowest BCUT2D eigenvalue weighted by molar-refractivity contribution is 0.0601. The van der Waals surface area contributed by atoms with Gasteiger partial charge in [0.15, 0.2) is 0 Å². The number of rotatable bonds is 6. The van der Waals surface area contributed by atoms with Gasteiger partial charge in [0, 0.05) is 26.2 Å². The molecule has 1 N–H and O–H groups in total. The van der Waals surface area contributed by atoms with E-state index in [-0.39, 0.29) is 12.0 Å². The first-order chi connectivity index (χ1) is 12.7. The second kappa shape index (κ2) is 7.47. The van der Waals surface area contributed by atoms with Gasteiger partial charge in [-0.1, -0.05) is 13.3 Å². The van der Waals surface area contributed by atoms with Crippen molar-refractivity contribution in [2.45, 2.75) is 25.8 Å². The van der Waals surface area contributed by atoms with Crippen molar-refractivity contribution in [2.75, 3.05) is 31.4 Å². The van der Waals surface area contributed by atoms with Crippen LogP contribution < -0.4 is 9.62 Å². The van der Waals surface area contributed by atoms with E-state index in [0.29, 0.717) is 17.6 Å². The SMILES string of the molecule is CCCC1CN(c2nc3cc(C(=O)OC)ccc3n2C)CC1NS(C)(=O)=O. The van der Waals surface area contributed by atoms with E-state index in [1.807, 2.05) is 17.7 Å². The zero-order valence-electron chi connectivity index (χ0n) is 16.1. The Bertz CT molecular complexity index is 954. The fourth-order valence-electron chi connectivity index (χ4n) is 3.82. The summed E-state index contributed by atoms with van der Waals surface area (Å²) < 4.78 is 33.0. The molecule has 0 radical (unpaired) electrons. The molecule has 8 nitrogen and oxygen atoms in total. The molecule has 1 fully saturated rings. The maximum absolute atomic E-state index is 11.8. The van der Waals surface area contributed by atoms with Crippen LogP contribution in [0.4, 0.5) is 5.95 Å². The normalized spacial score (nSPS) is 20.4. The van der Waals surface area contributed by atoms with Gasteiger partial charge < -0.3 is 14.2 Å². The van der Waals surface area contributed by atoms with Gasteiger partial charge >= 0.3 is 5.97 Å². The van der Waals surface area contributed by atoms with Gasteiger partial charge in [0.05, 0.1) is 30.0 Å². The van der Waals surface area contributed by atoms with E-state index in [4.69, 9.17) is 9.72 Å². The molecular formula is C18H26N4O4S. The second-order valence-corrected chi connectivity index (χ2v) is 8.90. The van der Waals surface area contributed by atoms with Crippen molar-refractivity contribution >= 4 is 33.0 Å². The average Bonchev–Trinajstić information content (AvgIpc) is 3.14. The molecule has 0 amide bonds. The number of fused-ring (bicyclic) bond motifs is 1. The van der Waals surface area contributed by atoms with E-state index in [1.54, 1.807) is 12.1 Å². The summed E-state index contributed by atoms with van der Waals surface area (Å²) in [5.74, 6) is 0.604. The number of esters is 1. The highest BCUT2D eigenvalue weighted by atomic mass is 32.2. The molecule has 0 bridgehead atoms. The number of hydrogen-bond acceptors (Lipinski definition) is 6. The van der Waals surface area contributed by atoms with Crippen LogP contribution in [-0.4, -0.2) is 56.4 Å². The summed E-state index contributed by atoms with van der Waals surface area (Å²) in [6.07, 6.45) is 3.13. The summed E-state index contributed by atoms with van der Waals surface area (Å²) in [6.45, 7) is 3.41. The molecule has 1 aromatic heterocycles. The number of methoxy groups -OCH3 is 1. The maximum Gasteiger partial charge on any atom is 0.337 e. The smallest absolute Gasteiger partial charge is 0.337 e. The van der Waals surface area contributed by atoms with Gasteiger partial charge in [-0.05, 0) is 30.5 Å². The highest BCUT2D eigenvalue weighted by Crippen LogP contribution is 2.29. The van der Waals surface area contributed by atoms with Crippen LogP contribution in [0.25, 0.3) is 11.0 Å². The zero-order chi connectivity index (χ0) is 19.8. The van der Waals surface area contributed by atoms with Crippen LogP contribution in [0, 0.1) is 5.92 Å². The summed E-state index contributed by atoms with van der Waals surface area (Å²) >= 11 is 0. The first kappa shape index (κ1) is 19.6. The minimum absolute atomic E-state index is 0.134. The van der Waals surface area contributed by atoms with Crippen molar-refractivity contribution in [1.82, 2.24) is 14.3 Å². The van der Waals surface area contributed by atoms with E-state index in [9.17, 15) is 13.2 Å². The van der Waals surface area contributed by atoms with Crippen LogP contribution in [0.15, 0.2) is 18.2 Å². The minimum Gasteiger partial charge on any atom is -0.465 e. The number of aromatic nitrogens is 2. The van der Waals surface area contributed by atoms with Gasteiger partial charge in [-0.2, -0.15) is 0 Å². The number of sulfonamides is 1. The van der Waals surface area contributed by atoms with Crippen molar-refractivity contribution in [2.24, 2.45) is 13.0 Å². The van der Waals surface area contributed by atoms with Crippen molar-refractivity contribution in [3.8, 4) is 0 Å². The van der Waals surface area contributed by atoms with Crippen LogP contribution in [0.1, 0.15) is 30.1 Å². The molecule has 0 spiro atoms. The molecule has 1 aliphatic heterocycles. The third-order valence-electron chi connectivity index (χ3n) is 5.03. The van der Waals surface area contributed by atoms with Gasteiger partial charge in [0.1, 0.15) is 0 Å². The van der Waals surface area contributed by atoms with Gasteiger partial charge in [-0.25, -0.2) is 22.9 Å². The van der Waals surface area contributed by atoms with E-state index in [0.717, 1.165) is 30.9 Å². The van der Waals surface area contributed by atoms with Gasteiger partial charge in [-0.3, -0.25) is 0 Å². The number of ether oxygens (including phenoxy) is 1. The predicted octanol–water partition coefficient (Wildman–Crippen LogP) is 1.51. The van der Waals surface area contributed by atoms with E-state index in [2.05, 4.69) is 16.5 Å². The van der Waals surface area contributed by atoms with Crippen LogP contribution in [0.5, 0.6) is 0 Å². The number of carbonyl (C=O) groups excluding carboxylic acids is 1. The van der Waals surface area contributed by atoms with Crippen LogP contribution in [-0.2, 0) is 21.8 Å². The standard InChI is InChI=1S/C18H26N4O4S/c1-5-6-13-10-22(11-15(13)20-27(4,24)25)18-19-14-9-12(17(23)26-3)7-8-16(14)21(18)2/h7-9,13,15,20H,5-6,10-11H2,1-4H3. The zero-order valence-corrected chi connectivity index (χ0v) is 16.9. The quantitative estimate of drug-likeness (QED) is 0.747.